The Hall–Kier alpha value is -1.60. The lowest BCUT2D eigenvalue weighted by atomic mass is 10.00. The van der Waals surface area contributed by atoms with Crippen LogP contribution >= 0.6 is 0 Å². The average Bonchev–Trinajstić information content (AvgIpc) is 2.37. The Kier molecular flexibility index (Phi) is 3.83. The van der Waals surface area contributed by atoms with E-state index in [0.29, 0.717) is 0 Å². The summed E-state index contributed by atoms with van der Waals surface area (Å²) in [6, 6.07) is 19.2. The molecule has 0 atom stereocenters. The van der Waals surface area contributed by atoms with Gasteiger partial charge in [0.05, 0.1) is 8.07 Å². The van der Waals surface area contributed by atoms with E-state index in [1.807, 2.05) is 0 Å². The first-order valence-corrected chi connectivity index (χ1v) is 9.98. The maximum absolute atomic E-state index is 2.40. The fraction of sp³-hybridized carbons (Fsp3) is 0.176. The van der Waals surface area contributed by atoms with E-state index < -0.39 is 8.07 Å². The first-order valence-electron chi connectivity index (χ1n) is 6.40. The molecule has 0 aromatic heterocycles. The van der Waals surface area contributed by atoms with Crippen molar-refractivity contribution in [3.63, 3.8) is 0 Å². The minimum Gasteiger partial charge on any atom is -0.0944 e. The highest BCUT2D eigenvalue weighted by molar-refractivity contribution is 6.81. The molecule has 0 aliphatic carbocycles. The Bertz CT molecular complexity index is 533. The van der Waals surface area contributed by atoms with Crippen molar-refractivity contribution in [3.05, 3.63) is 65.9 Å². The second kappa shape index (κ2) is 5.36. The molecule has 0 aliphatic heterocycles. The summed E-state index contributed by atoms with van der Waals surface area (Å²) in [6.45, 7) is 7.07. The van der Waals surface area contributed by atoms with Crippen LogP contribution in [0.1, 0.15) is 5.56 Å². The molecule has 18 heavy (non-hydrogen) atoms. The van der Waals surface area contributed by atoms with Crippen LogP contribution in [0.3, 0.4) is 0 Å². The predicted octanol–water partition coefficient (Wildman–Crippen LogP) is 5.24. The zero-order chi connectivity index (χ0) is 13.0. The minimum atomic E-state index is -1.14. The van der Waals surface area contributed by atoms with Crippen LogP contribution in [0, 0.1) is 0 Å². The van der Waals surface area contributed by atoms with Crippen LogP contribution in [0.2, 0.25) is 19.6 Å². The fourth-order valence-electron chi connectivity index (χ4n) is 1.86. The molecule has 0 bridgehead atoms. The second-order valence-corrected chi connectivity index (χ2v) is 10.7. The van der Waals surface area contributed by atoms with Crippen LogP contribution in [0.15, 0.2) is 60.3 Å². The molecule has 0 spiro atoms. The second-order valence-electron chi connectivity index (χ2n) is 5.65. The lowest BCUT2D eigenvalue weighted by molar-refractivity contribution is 1.59. The van der Waals surface area contributed by atoms with E-state index in [1.54, 1.807) is 0 Å². The van der Waals surface area contributed by atoms with Crippen LogP contribution < -0.4 is 0 Å². The molecule has 0 aliphatic rings. The van der Waals surface area contributed by atoms with Crippen LogP contribution in [0.4, 0.5) is 0 Å². The Morgan fingerprint density at radius 1 is 0.778 bits per heavy atom. The maximum atomic E-state index is 2.40. The van der Waals surface area contributed by atoms with Gasteiger partial charge in [-0.25, -0.2) is 0 Å². The van der Waals surface area contributed by atoms with E-state index in [2.05, 4.69) is 86.0 Å². The molecular formula is C17H20Si. The summed E-state index contributed by atoms with van der Waals surface area (Å²) in [6.07, 6.45) is 2.29. The van der Waals surface area contributed by atoms with Gasteiger partial charge < -0.3 is 0 Å². The van der Waals surface area contributed by atoms with E-state index in [-0.39, 0.29) is 0 Å². The standard InChI is InChI=1S/C17H20Si/c1-18(2,3)14-13-16-11-7-8-12-17(16)15-9-5-4-6-10-15/h4-14H,1-3H3. The third kappa shape index (κ3) is 3.44. The topological polar surface area (TPSA) is 0 Å². The van der Waals surface area contributed by atoms with Crippen molar-refractivity contribution >= 4 is 14.1 Å². The quantitative estimate of drug-likeness (QED) is 0.655. The van der Waals surface area contributed by atoms with E-state index in [0.717, 1.165) is 0 Å². The largest absolute Gasteiger partial charge is 0.0944 e. The van der Waals surface area contributed by atoms with E-state index in [1.165, 1.54) is 16.7 Å². The number of rotatable bonds is 3. The van der Waals surface area contributed by atoms with Gasteiger partial charge in [0, 0.05) is 0 Å². The van der Waals surface area contributed by atoms with Crippen molar-refractivity contribution in [2.45, 2.75) is 19.6 Å². The molecule has 0 amide bonds. The molecule has 0 fully saturated rings. The molecule has 2 rings (SSSR count). The predicted molar refractivity (Wildman–Crippen MR) is 84.3 cm³/mol. The van der Waals surface area contributed by atoms with E-state index in [4.69, 9.17) is 0 Å². The van der Waals surface area contributed by atoms with Gasteiger partial charge in [0.15, 0.2) is 0 Å². The number of benzene rings is 2. The van der Waals surface area contributed by atoms with Crippen molar-refractivity contribution in [1.82, 2.24) is 0 Å². The molecule has 0 unspecified atom stereocenters. The Balaban J connectivity index is 2.41. The van der Waals surface area contributed by atoms with Gasteiger partial charge in [-0.1, -0.05) is 86.0 Å². The van der Waals surface area contributed by atoms with Crippen LogP contribution in [0.25, 0.3) is 17.2 Å². The lowest BCUT2D eigenvalue weighted by Gasteiger charge is -2.10. The highest BCUT2D eigenvalue weighted by Gasteiger charge is 2.08. The van der Waals surface area contributed by atoms with Gasteiger partial charge in [-0.2, -0.15) is 0 Å². The highest BCUT2D eigenvalue weighted by Crippen LogP contribution is 2.24. The van der Waals surface area contributed by atoms with Gasteiger partial charge >= 0.3 is 0 Å². The van der Waals surface area contributed by atoms with Crippen molar-refractivity contribution in [3.8, 4) is 11.1 Å². The van der Waals surface area contributed by atoms with Gasteiger partial charge in [0.25, 0.3) is 0 Å². The minimum absolute atomic E-state index is 1.14. The summed E-state index contributed by atoms with van der Waals surface area (Å²) in [5.74, 6) is 0. The van der Waals surface area contributed by atoms with Crippen molar-refractivity contribution in [2.75, 3.05) is 0 Å². The van der Waals surface area contributed by atoms with Crippen molar-refractivity contribution in [2.24, 2.45) is 0 Å². The summed E-state index contributed by atoms with van der Waals surface area (Å²) in [5, 5.41) is 0. The zero-order valence-electron chi connectivity index (χ0n) is 11.4. The summed E-state index contributed by atoms with van der Waals surface area (Å²) < 4.78 is 0. The van der Waals surface area contributed by atoms with Crippen LogP contribution in [0.5, 0.6) is 0 Å². The van der Waals surface area contributed by atoms with Crippen molar-refractivity contribution < 1.29 is 0 Å². The third-order valence-corrected chi connectivity index (χ3v) is 3.98. The first-order chi connectivity index (χ1) is 8.56. The highest BCUT2D eigenvalue weighted by atomic mass is 28.3. The lowest BCUT2D eigenvalue weighted by Crippen LogP contribution is -2.15. The SMILES string of the molecule is C[Si](C)(C)C=Cc1ccccc1-c1ccccc1. The van der Waals surface area contributed by atoms with Crippen LogP contribution in [-0.4, -0.2) is 8.07 Å². The van der Waals surface area contributed by atoms with Gasteiger partial charge in [-0.05, 0) is 16.7 Å². The summed E-state index contributed by atoms with van der Waals surface area (Å²) in [4.78, 5) is 0. The number of hydrogen-bond donors (Lipinski definition) is 0. The molecule has 1 heteroatoms. The molecule has 0 radical (unpaired) electrons. The van der Waals surface area contributed by atoms with Gasteiger partial charge in [-0.3, -0.25) is 0 Å². The Labute approximate surface area is 111 Å². The van der Waals surface area contributed by atoms with E-state index in [9.17, 15) is 0 Å². The number of hydrogen-bond acceptors (Lipinski definition) is 0. The fourth-order valence-corrected chi connectivity index (χ4v) is 2.54. The molecule has 0 saturated heterocycles. The Morgan fingerprint density at radius 3 is 2.06 bits per heavy atom. The summed E-state index contributed by atoms with van der Waals surface area (Å²) >= 11 is 0. The molecular weight excluding hydrogens is 232 g/mol. The molecule has 0 heterocycles. The normalized spacial score (nSPS) is 11.9. The Morgan fingerprint density at radius 2 is 1.39 bits per heavy atom. The third-order valence-electron chi connectivity index (χ3n) is 2.81. The maximum Gasteiger partial charge on any atom is 0.0687 e. The van der Waals surface area contributed by atoms with Gasteiger partial charge in [0.2, 0.25) is 0 Å². The smallest absolute Gasteiger partial charge is 0.0687 e. The molecule has 0 saturated carbocycles. The van der Waals surface area contributed by atoms with Crippen molar-refractivity contribution in [1.29, 1.82) is 0 Å². The zero-order valence-corrected chi connectivity index (χ0v) is 12.4. The average molecular weight is 252 g/mol. The molecule has 0 N–H and O–H groups in total. The van der Waals surface area contributed by atoms with Gasteiger partial charge in [-0.15, -0.1) is 0 Å². The van der Waals surface area contributed by atoms with Crippen LogP contribution in [-0.2, 0) is 0 Å². The van der Waals surface area contributed by atoms with E-state index >= 15 is 0 Å². The molecule has 0 nitrogen and oxygen atoms in total. The van der Waals surface area contributed by atoms with Gasteiger partial charge in [0.1, 0.15) is 0 Å². The monoisotopic (exact) mass is 252 g/mol. The summed E-state index contributed by atoms with van der Waals surface area (Å²) in [7, 11) is -1.14. The summed E-state index contributed by atoms with van der Waals surface area (Å²) in [5.41, 5.74) is 6.31. The first kappa shape index (κ1) is 12.8. The molecule has 2 aromatic carbocycles. The molecule has 92 valence electrons. The molecule has 2 aromatic rings.